The Balaban J connectivity index is 1.77. The topological polar surface area (TPSA) is 21.3 Å². The van der Waals surface area contributed by atoms with E-state index in [1.54, 1.807) is 0 Å². The van der Waals surface area contributed by atoms with Crippen molar-refractivity contribution < 1.29 is 4.74 Å². The zero-order chi connectivity index (χ0) is 11.5. The number of hydrogen-bond donors (Lipinski definition) is 1. The second kappa shape index (κ2) is 10.1. The summed E-state index contributed by atoms with van der Waals surface area (Å²) in [5.74, 6) is 0. The summed E-state index contributed by atoms with van der Waals surface area (Å²) in [7, 11) is 0. The van der Waals surface area contributed by atoms with E-state index >= 15 is 0 Å². The van der Waals surface area contributed by atoms with Gasteiger partial charge in [-0.1, -0.05) is 45.4 Å². The highest BCUT2D eigenvalue weighted by Gasteiger charge is 2.11. The van der Waals surface area contributed by atoms with Gasteiger partial charge in [0, 0.05) is 19.3 Å². The quantitative estimate of drug-likeness (QED) is 0.609. The van der Waals surface area contributed by atoms with E-state index in [2.05, 4.69) is 12.2 Å². The van der Waals surface area contributed by atoms with Crippen LogP contribution in [0.15, 0.2) is 0 Å². The molecule has 2 heteroatoms. The minimum atomic E-state index is 0.730. The van der Waals surface area contributed by atoms with Crippen LogP contribution in [0.3, 0.4) is 0 Å². The van der Waals surface area contributed by atoms with Gasteiger partial charge in [0.25, 0.3) is 0 Å². The first-order valence-electron chi connectivity index (χ1n) is 7.24. The Labute approximate surface area is 101 Å². The molecule has 0 saturated carbocycles. The molecule has 1 fully saturated rings. The molecule has 0 aromatic rings. The van der Waals surface area contributed by atoms with Crippen molar-refractivity contribution in [1.29, 1.82) is 0 Å². The molecular weight excluding hydrogens is 198 g/mol. The molecule has 0 aliphatic carbocycles. The number of ether oxygens (including phenoxy) is 1. The molecule has 2 nitrogen and oxygen atoms in total. The molecule has 1 rings (SSSR count). The molecule has 0 radical (unpaired) electrons. The first kappa shape index (κ1) is 14.0. The third-order valence-electron chi connectivity index (χ3n) is 3.43. The summed E-state index contributed by atoms with van der Waals surface area (Å²) in [5, 5.41) is 3.64. The Bertz CT molecular complexity index is 144. The number of hydrogen-bond acceptors (Lipinski definition) is 2. The summed E-state index contributed by atoms with van der Waals surface area (Å²) < 4.78 is 5.34. The zero-order valence-electron chi connectivity index (χ0n) is 11.0. The van der Waals surface area contributed by atoms with Crippen LogP contribution in [0.2, 0.25) is 0 Å². The van der Waals surface area contributed by atoms with E-state index in [0.29, 0.717) is 0 Å². The zero-order valence-corrected chi connectivity index (χ0v) is 11.0. The third-order valence-corrected chi connectivity index (χ3v) is 3.43. The molecule has 1 aliphatic heterocycles. The Morgan fingerprint density at radius 1 is 0.938 bits per heavy atom. The molecular formula is C14H29NO. The maximum Gasteiger partial charge on any atom is 0.0480 e. The molecule has 0 atom stereocenters. The molecule has 1 saturated heterocycles. The first-order chi connectivity index (χ1) is 7.93. The van der Waals surface area contributed by atoms with Gasteiger partial charge in [0.05, 0.1) is 0 Å². The summed E-state index contributed by atoms with van der Waals surface area (Å²) in [6.07, 6.45) is 12.2. The summed E-state index contributed by atoms with van der Waals surface area (Å²) in [5.41, 5.74) is 0. The molecule has 0 bridgehead atoms. The minimum absolute atomic E-state index is 0.730. The van der Waals surface area contributed by atoms with E-state index in [9.17, 15) is 0 Å². The van der Waals surface area contributed by atoms with Gasteiger partial charge in [-0.25, -0.2) is 0 Å². The van der Waals surface area contributed by atoms with E-state index in [-0.39, 0.29) is 0 Å². The Kier molecular flexibility index (Phi) is 8.83. The maximum absolute atomic E-state index is 5.34. The number of rotatable bonds is 9. The monoisotopic (exact) mass is 227 g/mol. The highest BCUT2D eigenvalue weighted by atomic mass is 16.5. The van der Waals surface area contributed by atoms with Gasteiger partial charge in [0.15, 0.2) is 0 Å². The van der Waals surface area contributed by atoms with Crippen LogP contribution in [0.25, 0.3) is 0 Å². The fraction of sp³-hybridized carbons (Fsp3) is 1.00. The van der Waals surface area contributed by atoms with Crippen molar-refractivity contribution in [3.8, 4) is 0 Å². The molecule has 1 heterocycles. The molecule has 0 aromatic carbocycles. The predicted octanol–water partition coefficient (Wildman–Crippen LogP) is 3.51. The highest BCUT2D eigenvalue weighted by Crippen LogP contribution is 2.08. The lowest BCUT2D eigenvalue weighted by molar-refractivity contribution is 0.0780. The van der Waals surface area contributed by atoms with E-state index < -0.39 is 0 Å². The van der Waals surface area contributed by atoms with Gasteiger partial charge in [-0.3, -0.25) is 0 Å². The predicted molar refractivity (Wildman–Crippen MR) is 69.8 cm³/mol. The minimum Gasteiger partial charge on any atom is -0.381 e. The van der Waals surface area contributed by atoms with Crippen molar-refractivity contribution in [2.45, 2.75) is 70.8 Å². The van der Waals surface area contributed by atoms with Gasteiger partial charge in [0.1, 0.15) is 0 Å². The Morgan fingerprint density at radius 3 is 2.25 bits per heavy atom. The fourth-order valence-corrected chi connectivity index (χ4v) is 2.29. The van der Waals surface area contributed by atoms with E-state index in [1.165, 1.54) is 64.3 Å². The molecule has 16 heavy (non-hydrogen) atoms. The van der Waals surface area contributed by atoms with Gasteiger partial charge in [-0.15, -0.1) is 0 Å². The summed E-state index contributed by atoms with van der Waals surface area (Å²) in [4.78, 5) is 0. The second-order valence-electron chi connectivity index (χ2n) is 4.96. The van der Waals surface area contributed by atoms with Crippen LogP contribution < -0.4 is 5.32 Å². The third kappa shape index (κ3) is 7.24. The lowest BCUT2D eigenvalue weighted by Gasteiger charge is -2.23. The van der Waals surface area contributed by atoms with Crippen molar-refractivity contribution >= 4 is 0 Å². The smallest absolute Gasteiger partial charge is 0.0480 e. The summed E-state index contributed by atoms with van der Waals surface area (Å²) in [6, 6.07) is 0.730. The SMILES string of the molecule is CCCCCCCCCNC1CCOCC1. The highest BCUT2D eigenvalue weighted by molar-refractivity contribution is 4.69. The molecule has 1 N–H and O–H groups in total. The van der Waals surface area contributed by atoms with Crippen molar-refractivity contribution in [1.82, 2.24) is 5.32 Å². The Morgan fingerprint density at radius 2 is 1.56 bits per heavy atom. The van der Waals surface area contributed by atoms with E-state index in [1.807, 2.05) is 0 Å². The van der Waals surface area contributed by atoms with E-state index in [0.717, 1.165) is 19.3 Å². The van der Waals surface area contributed by atoms with Crippen LogP contribution in [0.5, 0.6) is 0 Å². The van der Waals surface area contributed by atoms with Crippen LogP contribution in [0.1, 0.15) is 64.7 Å². The Hall–Kier alpha value is -0.0800. The van der Waals surface area contributed by atoms with Gasteiger partial charge < -0.3 is 10.1 Å². The molecule has 0 unspecified atom stereocenters. The number of nitrogens with one attached hydrogen (secondary N) is 1. The lowest BCUT2D eigenvalue weighted by atomic mass is 10.1. The van der Waals surface area contributed by atoms with Gasteiger partial charge in [-0.2, -0.15) is 0 Å². The standard InChI is InChI=1S/C14H29NO/c1-2-3-4-5-6-7-8-11-15-14-9-12-16-13-10-14/h14-15H,2-13H2,1H3. The lowest BCUT2D eigenvalue weighted by Crippen LogP contribution is -2.35. The molecule has 0 amide bonds. The largest absolute Gasteiger partial charge is 0.381 e. The maximum atomic E-state index is 5.34. The van der Waals surface area contributed by atoms with Crippen LogP contribution in [0.4, 0.5) is 0 Å². The van der Waals surface area contributed by atoms with Gasteiger partial charge in [-0.05, 0) is 25.8 Å². The van der Waals surface area contributed by atoms with Crippen LogP contribution in [-0.2, 0) is 4.74 Å². The summed E-state index contributed by atoms with van der Waals surface area (Å²) in [6.45, 7) is 5.39. The van der Waals surface area contributed by atoms with E-state index in [4.69, 9.17) is 4.74 Å². The van der Waals surface area contributed by atoms with Gasteiger partial charge in [0.2, 0.25) is 0 Å². The second-order valence-corrected chi connectivity index (χ2v) is 4.96. The normalized spacial score (nSPS) is 17.8. The average Bonchev–Trinajstić information content (AvgIpc) is 2.34. The molecule has 0 spiro atoms. The van der Waals surface area contributed by atoms with Crippen molar-refractivity contribution in [2.75, 3.05) is 19.8 Å². The average molecular weight is 227 g/mol. The first-order valence-corrected chi connectivity index (χ1v) is 7.24. The van der Waals surface area contributed by atoms with Gasteiger partial charge >= 0.3 is 0 Å². The number of unbranched alkanes of at least 4 members (excludes halogenated alkanes) is 6. The van der Waals surface area contributed by atoms with Crippen molar-refractivity contribution in [3.05, 3.63) is 0 Å². The van der Waals surface area contributed by atoms with Crippen LogP contribution in [-0.4, -0.2) is 25.8 Å². The van der Waals surface area contributed by atoms with Crippen molar-refractivity contribution in [2.24, 2.45) is 0 Å². The summed E-state index contributed by atoms with van der Waals surface area (Å²) >= 11 is 0. The van der Waals surface area contributed by atoms with Crippen LogP contribution in [0, 0.1) is 0 Å². The molecule has 1 aliphatic rings. The van der Waals surface area contributed by atoms with Crippen LogP contribution >= 0.6 is 0 Å². The van der Waals surface area contributed by atoms with Crippen molar-refractivity contribution in [3.63, 3.8) is 0 Å². The molecule has 96 valence electrons. The fourth-order valence-electron chi connectivity index (χ4n) is 2.29. The molecule has 0 aromatic heterocycles.